The molecule has 0 fully saturated rings. The van der Waals surface area contributed by atoms with Crippen LogP contribution in [0, 0.1) is 6.57 Å². The average molecular weight is 384 g/mol. The first-order valence-electron chi connectivity index (χ1n) is 7.51. The van der Waals surface area contributed by atoms with Gasteiger partial charge >= 0.3 is 12.1 Å². The van der Waals surface area contributed by atoms with Gasteiger partial charge in [-0.3, -0.25) is 5.43 Å². The lowest BCUT2D eigenvalue weighted by atomic mass is 9.96. The van der Waals surface area contributed by atoms with Crippen molar-refractivity contribution < 1.29 is 22.7 Å². The molecule has 1 heterocycles. The number of halogens is 3. The zero-order valence-electron chi connectivity index (χ0n) is 13.9. The summed E-state index contributed by atoms with van der Waals surface area (Å²) in [6.45, 7) is 10.4. The van der Waals surface area contributed by atoms with Crippen LogP contribution in [0.3, 0.4) is 0 Å². The summed E-state index contributed by atoms with van der Waals surface area (Å²) >= 11 is 5.27. The first kappa shape index (κ1) is 19.7. The number of hydrogen-bond acceptors (Lipinski definition) is 5. The molecule has 1 aromatic carbocycles. The standard InChI is InChI=1S/C16H15F3N4O2S/c1-4-25-13(24)12-8-15(2,23-22-12)14(26)21-9-5-6-11(20-3)10(7-9)16(17,18)19/h5-7,23H,4,8H2,1-2H3,(H,21,26). The summed E-state index contributed by atoms with van der Waals surface area (Å²) < 4.78 is 44.0. The van der Waals surface area contributed by atoms with Crippen molar-refractivity contribution in [2.75, 3.05) is 11.9 Å². The number of ether oxygens (including phenoxy) is 1. The van der Waals surface area contributed by atoms with E-state index in [-0.39, 0.29) is 29.4 Å². The van der Waals surface area contributed by atoms with Crippen LogP contribution in [0.1, 0.15) is 25.8 Å². The fourth-order valence-electron chi connectivity index (χ4n) is 2.28. The van der Waals surface area contributed by atoms with Gasteiger partial charge in [0, 0.05) is 12.1 Å². The van der Waals surface area contributed by atoms with Gasteiger partial charge in [0.25, 0.3) is 0 Å². The molecule has 0 aliphatic carbocycles. The van der Waals surface area contributed by atoms with Crippen molar-refractivity contribution in [3.8, 4) is 0 Å². The molecule has 0 amide bonds. The Bertz CT molecular complexity index is 817. The molecule has 1 aromatic rings. The predicted molar refractivity (Wildman–Crippen MR) is 94.2 cm³/mol. The number of carbonyl (C=O) groups excluding carboxylic acids is 1. The maximum atomic E-state index is 13.1. The van der Waals surface area contributed by atoms with E-state index in [9.17, 15) is 18.0 Å². The van der Waals surface area contributed by atoms with Gasteiger partial charge in [-0.05, 0) is 26.0 Å². The van der Waals surface area contributed by atoms with Crippen molar-refractivity contribution in [2.24, 2.45) is 5.10 Å². The summed E-state index contributed by atoms with van der Waals surface area (Å²) in [5.41, 5.74) is 0.467. The molecule has 0 radical (unpaired) electrons. The minimum atomic E-state index is -4.66. The van der Waals surface area contributed by atoms with Crippen LogP contribution < -0.4 is 10.7 Å². The summed E-state index contributed by atoms with van der Waals surface area (Å²) in [7, 11) is 0. The van der Waals surface area contributed by atoms with E-state index in [0.29, 0.717) is 0 Å². The Hall–Kier alpha value is -2.67. The number of thiocarbonyl (C=S) groups is 1. The topological polar surface area (TPSA) is 67.1 Å². The molecule has 138 valence electrons. The minimum Gasteiger partial charge on any atom is -0.461 e. The molecule has 2 rings (SSSR count). The van der Waals surface area contributed by atoms with Gasteiger partial charge in [0.05, 0.1) is 18.7 Å². The number of rotatable bonds is 4. The lowest BCUT2D eigenvalue weighted by Crippen LogP contribution is -2.47. The van der Waals surface area contributed by atoms with Gasteiger partial charge in [-0.1, -0.05) is 18.3 Å². The van der Waals surface area contributed by atoms with Gasteiger partial charge in [-0.25, -0.2) is 9.64 Å². The second kappa shape index (κ2) is 7.29. The number of nitrogens with one attached hydrogen (secondary N) is 2. The third-order valence-electron chi connectivity index (χ3n) is 3.65. The van der Waals surface area contributed by atoms with E-state index < -0.39 is 28.9 Å². The number of nitrogens with zero attached hydrogens (tertiary/aromatic N) is 2. The number of hydrazone groups is 1. The number of carbonyl (C=O) groups is 1. The summed E-state index contributed by atoms with van der Waals surface area (Å²) in [6.07, 6.45) is -4.53. The molecule has 6 nitrogen and oxygen atoms in total. The number of benzene rings is 1. The number of hydrogen-bond donors (Lipinski definition) is 2. The van der Waals surface area contributed by atoms with Crippen molar-refractivity contribution in [2.45, 2.75) is 32.0 Å². The molecule has 26 heavy (non-hydrogen) atoms. The highest BCUT2D eigenvalue weighted by Crippen LogP contribution is 2.38. The zero-order chi connectivity index (χ0) is 19.5. The van der Waals surface area contributed by atoms with Crippen LogP contribution in [0.4, 0.5) is 24.5 Å². The van der Waals surface area contributed by atoms with E-state index in [1.54, 1.807) is 13.8 Å². The largest absolute Gasteiger partial charge is 0.461 e. The Morgan fingerprint density at radius 1 is 1.54 bits per heavy atom. The van der Waals surface area contributed by atoms with Crippen LogP contribution in [-0.4, -0.2) is 28.8 Å². The Kier molecular flexibility index (Phi) is 5.51. The Morgan fingerprint density at radius 2 is 2.23 bits per heavy atom. The SMILES string of the molecule is [C-]#[N+]c1ccc(NC(=S)C2(C)CC(C(=O)OCC)=NN2)cc1C(F)(F)F. The van der Waals surface area contributed by atoms with Crippen LogP contribution in [-0.2, 0) is 15.7 Å². The molecule has 0 bridgehead atoms. The summed E-state index contributed by atoms with van der Waals surface area (Å²) in [5.74, 6) is -0.577. The third kappa shape index (κ3) is 4.11. The third-order valence-corrected chi connectivity index (χ3v) is 4.20. The molecule has 1 aliphatic heterocycles. The normalized spacial score (nSPS) is 19.2. The summed E-state index contributed by atoms with van der Waals surface area (Å²) in [4.78, 5) is 14.8. The van der Waals surface area contributed by atoms with Crippen LogP contribution in [0.5, 0.6) is 0 Å². The van der Waals surface area contributed by atoms with E-state index in [1.807, 2.05) is 0 Å². The maximum Gasteiger partial charge on any atom is 0.407 e. The molecule has 1 atom stereocenters. The Labute approximate surface area is 153 Å². The van der Waals surface area contributed by atoms with Gasteiger partial charge < -0.3 is 10.1 Å². The number of alkyl halides is 3. The Balaban J connectivity index is 2.16. The second-order valence-corrected chi connectivity index (χ2v) is 6.10. The predicted octanol–water partition coefficient (Wildman–Crippen LogP) is 3.67. The molecule has 0 spiro atoms. The fourth-order valence-corrected chi connectivity index (χ4v) is 2.51. The fraction of sp³-hybridized carbons (Fsp3) is 0.375. The van der Waals surface area contributed by atoms with Crippen molar-refractivity contribution in [3.63, 3.8) is 0 Å². The van der Waals surface area contributed by atoms with Crippen molar-refractivity contribution >= 4 is 40.3 Å². The highest BCUT2D eigenvalue weighted by Gasteiger charge is 2.39. The molecule has 2 N–H and O–H groups in total. The smallest absolute Gasteiger partial charge is 0.407 e. The maximum absolute atomic E-state index is 13.1. The van der Waals surface area contributed by atoms with E-state index in [2.05, 4.69) is 20.7 Å². The van der Waals surface area contributed by atoms with Crippen molar-refractivity contribution in [3.05, 3.63) is 35.2 Å². The molecule has 0 saturated carbocycles. The summed E-state index contributed by atoms with van der Waals surface area (Å²) in [6, 6.07) is 3.23. The lowest BCUT2D eigenvalue weighted by Gasteiger charge is -2.26. The first-order valence-corrected chi connectivity index (χ1v) is 7.92. The monoisotopic (exact) mass is 384 g/mol. The van der Waals surface area contributed by atoms with E-state index >= 15 is 0 Å². The molecule has 1 aliphatic rings. The second-order valence-electron chi connectivity index (χ2n) is 5.70. The highest BCUT2D eigenvalue weighted by molar-refractivity contribution is 7.80. The molecule has 1 unspecified atom stereocenters. The minimum absolute atomic E-state index is 0.0855. The lowest BCUT2D eigenvalue weighted by molar-refractivity contribution is -0.137. The van der Waals surface area contributed by atoms with Gasteiger partial charge in [0.1, 0.15) is 16.2 Å². The van der Waals surface area contributed by atoms with Gasteiger partial charge in [-0.2, -0.15) is 18.3 Å². The van der Waals surface area contributed by atoms with E-state index in [0.717, 1.165) is 12.1 Å². The molecule has 0 saturated heterocycles. The van der Waals surface area contributed by atoms with Crippen LogP contribution in [0.15, 0.2) is 23.3 Å². The highest BCUT2D eigenvalue weighted by atomic mass is 32.1. The number of esters is 1. The van der Waals surface area contributed by atoms with Crippen molar-refractivity contribution in [1.29, 1.82) is 0 Å². The van der Waals surface area contributed by atoms with E-state index in [4.69, 9.17) is 23.5 Å². The molecule has 0 aromatic heterocycles. The van der Waals surface area contributed by atoms with Crippen LogP contribution in [0.2, 0.25) is 0 Å². The number of anilines is 1. The average Bonchev–Trinajstić information content (AvgIpc) is 2.98. The van der Waals surface area contributed by atoms with E-state index in [1.165, 1.54) is 6.07 Å². The summed E-state index contributed by atoms with van der Waals surface area (Å²) in [5, 5.41) is 6.62. The molecular weight excluding hydrogens is 369 g/mol. The van der Waals surface area contributed by atoms with Crippen LogP contribution >= 0.6 is 12.2 Å². The van der Waals surface area contributed by atoms with Crippen molar-refractivity contribution in [1.82, 2.24) is 5.43 Å². The van der Waals surface area contributed by atoms with Crippen LogP contribution in [0.25, 0.3) is 4.85 Å². The van der Waals surface area contributed by atoms with Gasteiger partial charge in [-0.15, -0.1) is 0 Å². The molecule has 10 heteroatoms. The Morgan fingerprint density at radius 3 is 2.81 bits per heavy atom. The zero-order valence-corrected chi connectivity index (χ0v) is 14.7. The first-order chi connectivity index (χ1) is 12.1. The molecular formula is C16H15F3N4O2S. The van der Waals surface area contributed by atoms with Gasteiger partial charge in [0.2, 0.25) is 0 Å². The van der Waals surface area contributed by atoms with Gasteiger partial charge in [0.15, 0.2) is 5.69 Å². The quantitative estimate of drug-likeness (QED) is 0.471.